The molecule has 0 fully saturated rings. The van der Waals surface area contributed by atoms with Gasteiger partial charge in [-0.15, -0.1) is 0 Å². The summed E-state index contributed by atoms with van der Waals surface area (Å²) in [5.74, 6) is 0.743. The molecule has 1 heterocycles. The van der Waals surface area contributed by atoms with Gasteiger partial charge in [-0.3, -0.25) is 10.1 Å². The Morgan fingerprint density at radius 3 is 2.52 bits per heavy atom. The SMILES string of the molecule is Cc1c(Cl)cc(S(=O)(=O)NCc2ccc(N(C)C)nc2)cc1[N+](=O)[O-]. The van der Waals surface area contributed by atoms with Crippen LogP contribution in [0.3, 0.4) is 0 Å². The monoisotopic (exact) mass is 384 g/mol. The molecule has 2 rings (SSSR count). The Kier molecular flexibility index (Phi) is 5.61. The molecule has 0 spiro atoms. The highest BCUT2D eigenvalue weighted by Crippen LogP contribution is 2.29. The summed E-state index contributed by atoms with van der Waals surface area (Å²) in [5.41, 5.74) is 0.529. The van der Waals surface area contributed by atoms with Crippen LogP contribution < -0.4 is 9.62 Å². The molecule has 0 saturated carbocycles. The number of hydrogen-bond acceptors (Lipinski definition) is 6. The van der Waals surface area contributed by atoms with Crippen molar-refractivity contribution in [2.45, 2.75) is 18.4 Å². The Morgan fingerprint density at radius 2 is 2.00 bits per heavy atom. The lowest BCUT2D eigenvalue weighted by Crippen LogP contribution is -2.23. The number of anilines is 1. The van der Waals surface area contributed by atoms with E-state index in [0.29, 0.717) is 5.56 Å². The van der Waals surface area contributed by atoms with Crippen LogP contribution in [-0.2, 0) is 16.6 Å². The zero-order valence-electron chi connectivity index (χ0n) is 13.9. The molecule has 1 N–H and O–H groups in total. The van der Waals surface area contributed by atoms with Crippen LogP contribution >= 0.6 is 11.6 Å². The predicted molar refractivity (Wildman–Crippen MR) is 95.4 cm³/mol. The van der Waals surface area contributed by atoms with E-state index in [9.17, 15) is 18.5 Å². The fraction of sp³-hybridized carbons (Fsp3) is 0.267. The van der Waals surface area contributed by atoms with E-state index in [1.165, 1.54) is 13.0 Å². The van der Waals surface area contributed by atoms with Crippen molar-refractivity contribution in [2.24, 2.45) is 0 Å². The van der Waals surface area contributed by atoms with Crippen molar-refractivity contribution in [1.29, 1.82) is 0 Å². The van der Waals surface area contributed by atoms with Crippen molar-refractivity contribution >= 4 is 33.1 Å². The molecule has 0 aliphatic carbocycles. The third-order valence-corrected chi connectivity index (χ3v) is 5.30. The van der Waals surface area contributed by atoms with Gasteiger partial charge in [-0.25, -0.2) is 18.1 Å². The van der Waals surface area contributed by atoms with Gasteiger partial charge >= 0.3 is 0 Å². The van der Waals surface area contributed by atoms with Crippen LogP contribution in [-0.4, -0.2) is 32.4 Å². The Balaban J connectivity index is 2.23. The van der Waals surface area contributed by atoms with Gasteiger partial charge in [0.2, 0.25) is 10.0 Å². The predicted octanol–water partition coefficient (Wildman–Crippen LogP) is 2.50. The minimum atomic E-state index is -3.96. The molecule has 0 aliphatic heterocycles. The molecule has 0 saturated heterocycles. The van der Waals surface area contributed by atoms with Crippen molar-refractivity contribution < 1.29 is 13.3 Å². The Labute approximate surface area is 150 Å². The molecule has 0 amide bonds. The largest absolute Gasteiger partial charge is 0.363 e. The second kappa shape index (κ2) is 7.34. The Bertz CT molecular complexity index is 898. The van der Waals surface area contributed by atoms with Crippen LogP contribution in [0.1, 0.15) is 11.1 Å². The first-order valence-electron chi connectivity index (χ1n) is 7.18. The first-order chi connectivity index (χ1) is 11.6. The van der Waals surface area contributed by atoms with Gasteiger partial charge in [-0.05, 0) is 24.6 Å². The highest BCUT2D eigenvalue weighted by Gasteiger charge is 2.22. The van der Waals surface area contributed by atoms with Crippen LogP contribution in [0.4, 0.5) is 11.5 Å². The molecule has 134 valence electrons. The second-order valence-corrected chi connectivity index (χ2v) is 7.72. The molecule has 10 heteroatoms. The van der Waals surface area contributed by atoms with E-state index in [0.717, 1.165) is 11.9 Å². The number of hydrogen-bond donors (Lipinski definition) is 1. The molecule has 2 aromatic rings. The number of rotatable bonds is 6. The van der Waals surface area contributed by atoms with Gasteiger partial charge in [0.05, 0.1) is 14.8 Å². The van der Waals surface area contributed by atoms with E-state index in [-0.39, 0.29) is 27.7 Å². The number of nitro groups is 1. The maximum absolute atomic E-state index is 12.4. The smallest absolute Gasteiger partial charge is 0.275 e. The van der Waals surface area contributed by atoms with E-state index in [1.54, 1.807) is 18.3 Å². The zero-order chi connectivity index (χ0) is 18.8. The third-order valence-electron chi connectivity index (χ3n) is 3.53. The van der Waals surface area contributed by atoms with Gasteiger partial charge in [0.25, 0.3) is 5.69 Å². The van der Waals surface area contributed by atoms with Crippen molar-refractivity contribution in [3.63, 3.8) is 0 Å². The maximum Gasteiger partial charge on any atom is 0.275 e. The van der Waals surface area contributed by atoms with Crippen LogP contribution in [0, 0.1) is 17.0 Å². The lowest BCUT2D eigenvalue weighted by Gasteiger charge is -2.12. The average Bonchev–Trinajstić information content (AvgIpc) is 2.55. The van der Waals surface area contributed by atoms with E-state index < -0.39 is 14.9 Å². The average molecular weight is 385 g/mol. The van der Waals surface area contributed by atoms with Crippen LogP contribution in [0.15, 0.2) is 35.4 Å². The summed E-state index contributed by atoms with van der Waals surface area (Å²) < 4.78 is 27.2. The number of aromatic nitrogens is 1. The first-order valence-corrected chi connectivity index (χ1v) is 9.04. The summed E-state index contributed by atoms with van der Waals surface area (Å²) >= 11 is 5.92. The van der Waals surface area contributed by atoms with E-state index >= 15 is 0 Å². The maximum atomic E-state index is 12.4. The van der Waals surface area contributed by atoms with Gasteiger partial charge in [0, 0.05) is 38.5 Å². The van der Waals surface area contributed by atoms with Crippen LogP contribution in [0.5, 0.6) is 0 Å². The van der Waals surface area contributed by atoms with Crippen molar-refractivity contribution in [1.82, 2.24) is 9.71 Å². The fourth-order valence-corrected chi connectivity index (χ4v) is 3.37. The molecule has 25 heavy (non-hydrogen) atoms. The lowest BCUT2D eigenvalue weighted by molar-refractivity contribution is -0.385. The first kappa shape index (κ1) is 19.1. The Morgan fingerprint density at radius 1 is 1.32 bits per heavy atom. The quantitative estimate of drug-likeness (QED) is 0.605. The number of nitrogens with zero attached hydrogens (tertiary/aromatic N) is 3. The number of sulfonamides is 1. The van der Waals surface area contributed by atoms with Crippen molar-refractivity contribution in [2.75, 3.05) is 19.0 Å². The minimum Gasteiger partial charge on any atom is -0.363 e. The molecular weight excluding hydrogens is 368 g/mol. The molecule has 0 radical (unpaired) electrons. The summed E-state index contributed by atoms with van der Waals surface area (Å²) in [6, 6.07) is 5.70. The summed E-state index contributed by atoms with van der Waals surface area (Å²) in [5, 5.41) is 11.1. The molecule has 0 unspecified atom stereocenters. The lowest BCUT2D eigenvalue weighted by atomic mass is 10.2. The third kappa shape index (κ3) is 4.44. The summed E-state index contributed by atoms with van der Waals surface area (Å²) in [6.07, 6.45) is 1.56. The molecule has 0 aliphatic rings. The number of nitro benzene ring substituents is 1. The van der Waals surface area contributed by atoms with Gasteiger partial charge in [0.1, 0.15) is 5.82 Å². The summed E-state index contributed by atoms with van der Waals surface area (Å²) in [6.45, 7) is 1.46. The summed E-state index contributed by atoms with van der Waals surface area (Å²) in [4.78, 5) is 16.1. The van der Waals surface area contributed by atoms with Crippen molar-refractivity contribution in [3.8, 4) is 0 Å². The highest BCUT2D eigenvalue weighted by molar-refractivity contribution is 7.89. The number of nitrogens with one attached hydrogen (secondary N) is 1. The van der Waals surface area contributed by atoms with Gasteiger partial charge in [-0.2, -0.15) is 0 Å². The van der Waals surface area contributed by atoms with Crippen LogP contribution in [0.2, 0.25) is 5.02 Å². The van der Waals surface area contributed by atoms with Crippen molar-refractivity contribution in [3.05, 3.63) is 56.7 Å². The molecule has 1 aromatic carbocycles. The van der Waals surface area contributed by atoms with Crippen LogP contribution in [0.25, 0.3) is 0 Å². The van der Waals surface area contributed by atoms with Gasteiger partial charge in [-0.1, -0.05) is 17.7 Å². The number of halogens is 1. The number of pyridine rings is 1. The van der Waals surface area contributed by atoms with E-state index in [4.69, 9.17) is 11.6 Å². The topological polar surface area (TPSA) is 105 Å². The molecule has 0 bridgehead atoms. The number of benzene rings is 1. The van der Waals surface area contributed by atoms with E-state index in [1.807, 2.05) is 19.0 Å². The molecular formula is C15H17ClN4O4S. The van der Waals surface area contributed by atoms with E-state index in [2.05, 4.69) is 9.71 Å². The standard InChI is InChI=1S/C15H17ClN4O4S/c1-10-13(16)6-12(7-14(10)20(21)22)25(23,24)18-9-11-4-5-15(17-8-11)19(2)3/h4-8,18H,9H2,1-3H3. The molecule has 1 aromatic heterocycles. The highest BCUT2D eigenvalue weighted by atomic mass is 35.5. The molecule has 8 nitrogen and oxygen atoms in total. The molecule has 0 atom stereocenters. The normalized spacial score (nSPS) is 11.4. The fourth-order valence-electron chi connectivity index (χ4n) is 2.03. The van der Waals surface area contributed by atoms with Gasteiger partial charge in [0.15, 0.2) is 0 Å². The Hall–Kier alpha value is -2.23. The minimum absolute atomic E-state index is 0.00232. The summed E-state index contributed by atoms with van der Waals surface area (Å²) in [7, 11) is -0.265. The zero-order valence-corrected chi connectivity index (χ0v) is 15.4. The second-order valence-electron chi connectivity index (χ2n) is 5.55. The van der Waals surface area contributed by atoms with Gasteiger partial charge < -0.3 is 4.90 Å².